The Morgan fingerprint density at radius 2 is 1.85 bits per heavy atom. The summed E-state index contributed by atoms with van der Waals surface area (Å²) in [6.07, 6.45) is 4.86. The molecule has 182 valence electrons. The number of anilines is 1. The maximum absolute atomic E-state index is 11.6. The van der Waals surface area contributed by atoms with Gasteiger partial charge in [-0.15, -0.1) is 0 Å². The predicted molar refractivity (Wildman–Crippen MR) is 133 cm³/mol. The van der Waals surface area contributed by atoms with Crippen molar-refractivity contribution in [2.75, 3.05) is 39.3 Å². The molecule has 0 bridgehead atoms. The van der Waals surface area contributed by atoms with Gasteiger partial charge in [-0.1, -0.05) is 19.9 Å². The number of pyridine rings is 1. The van der Waals surface area contributed by atoms with Crippen molar-refractivity contribution in [3.05, 3.63) is 53.5 Å². The van der Waals surface area contributed by atoms with Crippen LogP contribution in [0.15, 0.2) is 40.9 Å². The fourth-order valence-corrected chi connectivity index (χ4v) is 3.92. The summed E-state index contributed by atoms with van der Waals surface area (Å²) >= 11 is 0. The fourth-order valence-electron chi connectivity index (χ4n) is 3.92. The quantitative estimate of drug-likeness (QED) is 0.415. The van der Waals surface area contributed by atoms with Gasteiger partial charge in [0.2, 0.25) is 5.89 Å². The number of carbonyl (C=O) groups is 1. The third-order valence-corrected chi connectivity index (χ3v) is 5.61. The van der Waals surface area contributed by atoms with Gasteiger partial charge in [0.15, 0.2) is 12.0 Å². The number of oxazole rings is 1. The summed E-state index contributed by atoms with van der Waals surface area (Å²) in [7, 11) is 5.22. The van der Waals surface area contributed by atoms with Crippen LogP contribution in [0.2, 0.25) is 0 Å². The molecule has 1 aliphatic heterocycles. The van der Waals surface area contributed by atoms with E-state index in [0.717, 1.165) is 41.5 Å². The van der Waals surface area contributed by atoms with Crippen molar-refractivity contribution >= 4 is 12.1 Å². The van der Waals surface area contributed by atoms with Gasteiger partial charge in [0.05, 0.1) is 19.8 Å². The first-order chi connectivity index (χ1) is 16.6. The lowest BCUT2D eigenvalue weighted by Crippen LogP contribution is -2.19. The first-order valence-corrected chi connectivity index (χ1v) is 11.7. The zero-order valence-corrected chi connectivity index (χ0v) is 20.7. The maximum Gasteiger partial charge on any atom is 0.228 e. The Morgan fingerprint density at radius 3 is 2.47 bits per heavy atom. The Bertz CT molecular complexity index is 1060. The summed E-state index contributed by atoms with van der Waals surface area (Å²) < 4.78 is 16.5. The van der Waals surface area contributed by atoms with Crippen LogP contribution in [0.4, 0.5) is 5.82 Å². The average Bonchev–Trinajstić information content (AvgIpc) is 3.56. The monoisotopic (exact) mass is 466 g/mol. The lowest BCUT2D eigenvalue weighted by molar-refractivity contribution is 0.109. The summed E-state index contributed by atoms with van der Waals surface area (Å²) in [5.74, 6) is 3.08. The molecule has 3 heterocycles. The van der Waals surface area contributed by atoms with E-state index in [9.17, 15) is 4.79 Å². The SMILES string of the molecule is CC.COc1ccc(CN(C)Cc2nc(-c3ccc(N4CCCC4)nc3)oc2C=O)c(OC)c1. The highest BCUT2D eigenvalue weighted by molar-refractivity contribution is 5.73. The third-order valence-electron chi connectivity index (χ3n) is 5.61. The van der Waals surface area contributed by atoms with Gasteiger partial charge >= 0.3 is 0 Å². The molecule has 4 rings (SSSR count). The van der Waals surface area contributed by atoms with Gasteiger partial charge in [-0.3, -0.25) is 9.69 Å². The number of aldehydes is 1. The molecule has 8 nitrogen and oxygen atoms in total. The summed E-state index contributed by atoms with van der Waals surface area (Å²) in [5, 5.41) is 0. The average molecular weight is 467 g/mol. The first-order valence-electron chi connectivity index (χ1n) is 11.7. The van der Waals surface area contributed by atoms with Gasteiger partial charge in [0.1, 0.15) is 23.0 Å². The van der Waals surface area contributed by atoms with Gasteiger partial charge in [0.25, 0.3) is 0 Å². The van der Waals surface area contributed by atoms with E-state index in [0.29, 0.717) is 31.0 Å². The Kier molecular flexibility index (Phi) is 9.04. The van der Waals surface area contributed by atoms with Gasteiger partial charge in [-0.05, 0) is 38.1 Å². The number of benzene rings is 1. The Balaban J connectivity index is 0.00000158. The molecule has 0 atom stereocenters. The molecule has 1 saturated heterocycles. The lowest BCUT2D eigenvalue weighted by atomic mass is 10.1. The second-order valence-electron chi connectivity index (χ2n) is 7.90. The van der Waals surface area contributed by atoms with Gasteiger partial charge in [-0.25, -0.2) is 9.97 Å². The zero-order valence-electron chi connectivity index (χ0n) is 20.7. The Morgan fingerprint density at radius 1 is 1.09 bits per heavy atom. The van der Waals surface area contributed by atoms with Gasteiger partial charge < -0.3 is 18.8 Å². The second-order valence-corrected chi connectivity index (χ2v) is 7.90. The highest BCUT2D eigenvalue weighted by Crippen LogP contribution is 2.27. The van der Waals surface area contributed by atoms with Crippen LogP contribution < -0.4 is 14.4 Å². The molecule has 1 aliphatic rings. The van der Waals surface area contributed by atoms with Crippen LogP contribution in [0.3, 0.4) is 0 Å². The number of hydrogen-bond donors (Lipinski definition) is 0. The number of carbonyl (C=O) groups excluding carboxylic acids is 1. The molecule has 0 N–H and O–H groups in total. The number of nitrogens with zero attached hydrogens (tertiary/aromatic N) is 4. The molecule has 0 saturated carbocycles. The van der Waals surface area contributed by atoms with Crippen LogP contribution in [0.5, 0.6) is 11.5 Å². The predicted octanol–water partition coefficient (Wildman–Crippen LogP) is 4.82. The van der Waals surface area contributed by atoms with E-state index < -0.39 is 0 Å². The highest BCUT2D eigenvalue weighted by Gasteiger charge is 2.18. The van der Waals surface area contributed by atoms with Crippen LogP contribution in [0.25, 0.3) is 11.5 Å². The number of methoxy groups -OCH3 is 2. The lowest BCUT2D eigenvalue weighted by Gasteiger charge is -2.18. The van der Waals surface area contributed by atoms with Crippen LogP contribution >= 0.6 is 0 Å². The van der Waals surface area contributed by atoms with Crippen LogP contribution in [-0.4, -0.2) is 55.5 Å². The molecule has 8 heteroatoms. The molecular formula is C26H34N4O4. The van der Waals surface area contributed by atoms with Crippen LogP contribution in [-0.2, 0) is 13.1 Å². The first kappa shape index (κ1) is 25.2. The van der Waals surface area contributed by atoms with E-state index in [1.807, 2.05) is 56.1 Å². The number of rotatable bonds is 9. The standard InChI is InChI=1S/C24H28N4O4.C2H6/c1-27(14-18-6-8-19(30-2)12-21(18)31-3)15-20-22(16-29)32-24(26-20)17-7-9-23(25-13-17)28-10-4-5-11-28;1-2/h6-9,12-13,16H,4-5,10-11,14-15H2,1-3H3;1-2H3. The minimum Gasteiger partial charge on any atom is -0.497 e. The topological polar surface area (TPSA) is 80.9 Å². The summed E-state index contributed by atoms with van der Waals surface area (Å²) in [4.78, 5) is 25.1. The van der Waals surface area contributed by atoms with Crippen LogP contribution in [0.1, 0.15) is 48.5 Å². The molecule has 0 spiro atoms. The normalized spacial score (nSPS) is 12.9. The van der Waals surface area contributed by atoms with E-state index in [4.69, 9.17) is 13.9 Å². The molecular weight excluding hydrogens is 432 g/mol. The molecule has 0 amide bonds. The molecule has 0 radical (unpaired) electrons. The van der Waals surface area contributed by atoms with E-state index in [1.165, 1.54) is 12.8 Å². The van der Waals surface area contributed by atoms with E-state index in [1.54, 1.807) is 20.4 Å². The van der Waals surface area contributed by atoms with Gasteiger partial charge in [0, 0.05) is 44.0 Å². The van der Waals surface area contributed by atoms with Gasteiger partial charge in [-0.2, -0.15) is 0 Å². The van der Waals surface area contributed by atoms with Crippen LogP contribution in [0, 0.1) is 0 Å². The molecule has 1 fully saturated rings. The van der Waals surface area contributed by atoms with E-state index in [-0.39, 0.29) is 5.76 Å². The van der Waals surface area contributed by atoms with Crippen molar-refractivity contribution in [1.82, 2.24) is 14.9 Å². The van der Waals surface area contributed by atoms with Crippen molar-refractivity contribution in [3.8, 4) is 23.0 Å². The molecule has 3 aromatic rings. The van der Waals surface area contributed by atoms with Crippen molar-refractivity contribution in [2.45, 2.75) is 39.8 Å². The molecule has 1 aromatic carbocycles. The van der Waals surface area contributed by atoms with E-state index >= 15 is 0 Å². The van der Waals surface area contributed by atoms with E-state index in [2.05, 4.69) is 14.9 Å². The largest absolute Gasteiger partial charge is 0.497 e. The molecule has 2 aromatic heterocycles. The molecule has 0 unspecified atom stereocenters. The molecule has 34 heavy (non-hydrogen) atoms. The van der Waals surface area contributed by atoms with Crippen molar-refractivity contribution < 1.29 is 18.7 Å². The minimum atomic E-state index is 0.233. The molecule has 0 aliphatic carbocycles. The number of aromatic nitrogens is 2. The number of ether oxygens (including phenoxy) is 2. The van der Waals surface area contributed by atoms with Crippen molar-refractivity contribution in [2.24, 2.45) is 0 Å². The van der Waals surface area contributed by atoms with Crippen molar-refractivity contribution in [1.29, 1.82) is 0 Å². The summed E-state index contributed by atoms with van der Waals surface area (Å²) in [6.45, 7) is 7.14. The Labute approximate surface area is 201 Å². The Hall–Kier alpha value is -3.39. The van der Waals surface area contributed by atoms with Crippen molar-refractivity contribution in [3.63, 3.8) is 0 Å². The minimum absolute atomic E-state index is 0.233. The zero-order chi connectivity index (χ0) is 24.5. The number of hydrogen-bond acceptors (Lipinski definition) is 8. The third kappa shape index (κ3) is 5.94. The highest BCUT2D eigenvalue weighted by atomic mass is 16.5. The summed E-state index contributed by atoms with van der Waals surface area (Å²) in [6, 6.07) is 9.64. The fraction of sp³-hybridized carbons (Fsp3) is 0.423. The smallest absolute Gasteiger partial charge is 0.228 e. The maximum atomic E-state index is 11.6. The second kappa shape index (κ2) is 12.2. The summed E-state index contributed by atoms with van der Waals surface area (Å²) in [5.41, 5.74) is 2.35.